The summed E-state index contributed by atoms with van der Waals surface area (Å²) in [7, 11) is -1.88. The number of aromatic nitrogens is 1. The zero-order valence-electron chi connectivity index (χ0n) is 10.9. The van der Waals surface area contributed by atoms with Gasteiger partial charge in [0.1, 0.15) is 10.7 Å². The average molecular weight is 336 g/mol. The molecule has 0 unspecified atom stereocenters. The Balaban J connectivity index is 3.39. The lowest BCUT2D eigenvalue weighted by Crippen LogP contribution is -2.37. The van der Waals surface area contributed by atoms with Crippen LogP contribution >= 0.6 is 15.9 Å². The van der Waals surface area contributed by atoms with E-state index in [-0.39, 0.29) is 10.9 Å². The number of nitrogens with zero attached hydrogens (tertiary/aromatic N) is 2. The lowest BCUT2D eigenvalue weighted by atomic mass is 10.4. The minimum Gasteiger partial charge on any atom is -0.372 e. The molecule has 0 aliphatic carbocycles. The molecule has 0 bridgehead atoms. The smallest absolute Gasteiger partial charge is 0.247 e. The van der Waals surface area contributed by atoms with E-state index in [2.05, 4.69) is 26.2 Å². The van der Waals surface area contributed by atoms with Gasteiger partial charge in [0.25, 0.3) is 0 Å². The van der Waals surface area contributed by atoms with Gasteiger partial charge in [0, 0.05) is 30.3 Å². The zero-order chi connectivity index (χ0) is 13.9. The van der Waals surface area contributed by atoms with Gasteiger partial charge in [-0.25, -0.2) is 13.4 Å². The summed E-state index contributed by atoms with van der Waals surface area (Å²) >= 11 is 3.25. The van der Waals surface area contributed by atoms with Gasteiger partial charge >= 0.3 is 0 Å². The minimum absolute atomic E-state index is 0.0938. The van der Waals surface area contributed by atoms with Crippen LogP contribution in [0.2, 0.25) is 0 Å². The van der Waals surface area contributed by atoms with Crippen LogP contribution < -0.4 is 5.32 Å². The fourth-order valence-electron chi connectivity index (χ4n) is 1.74. The van der Waals surface area contributed by atoms with Crippen molar-refractivity contribution >= 4 is 31.8 Å². The molecule has 0 fully saturated rings. The van der Waals surface area contributed by atoms with Gasteiger partial charge in [-0.05, 0) is 35.8 Å². The van der Waals surface area contributed by atoms with Gasteiger partial charge in [0.2, 0.25) is 10.0 Å². The van der Waals surface area contributed by atoms with E-state index in [0.717, 1.165) is 0 Å². The molecule has 0 aliphatic heterocycles. The van der Waals surface area contributed by atoms with Crippen LogP contribution in [0.5, 0.6) is 0 Å². The molecule has 0 spiro atoms. The molecule has 7 heteroatoms. The normalized spacial score (nSPS) is 12.2. The summed E-state index contributed by atoms with van der Waals surface area (Å²) in [5.41, 5.74) is 0. The van der Waals surface area contributed by atoms with Gasteiger partial charge in [-0.2, -0.15) is 4.31 Å². The summed E-state index contributed by atoms with van der Waals surface area (Å²) in [6.07, 6.45) is 1.57. The molecule has 1 N–H and O–H groups in total. The molecule has 0 aromatic carbocycles. The van der Waals surface area contributed by atoms with Crippen molar-refractivity contribution in [2.45, 2.75) is 31.7 Å². The SMILES string of the molecule is CCN(C(C)C)S(=O)(=O)c1cc(Br)cnc1NC. The highest BCUT2D eigenvalue weighted by molar-refractivity contribution is 9.10. The maximum Gasteiger partial charge on any atom is 0.247 e. The van der Waals surface area contributed by atoms with Crippen LogP contribution in [-0.2, 0) is 10.0 Å². The Labute approximate surface area is 117 Å². The molecule has 1 heterocycles. The van der Waals surface area contributed by atoms with Crippen molar-refractivity contribution in [2.75, 3.05) is 18.9 Å². The van der Waals surface area contributed by atoms with Crippen molar-refractivity contribution in [2.24, 2.45) is 0 Å². The van der Waals surface area contributed by atoms with Gasteiger partial charge in [0.05, 0.1) is 0 Å². The predicted octanol–water partition coefficient (Wildman–Crippen LogP) is 2.30. The molecule has 0 atom stereocenters. The summed E-state index contributed by atoms with van der Waals surface area (Å²) in [4.78, 5) is 4.26. The van der Waals surface area contributed by atoms with E-state index in [1.54, 1.807) is 19.3 Å². The number of pyridine rings is 1. The fraction of sp³-hybridized carbons (Fsp3) is 0.545. The second-order valence-electron chi connectivity index (χ2n) is 4.05. The van der Waals surface area contributed by atoms with Gasteiger partial charge in [-0.1, -0.05) is 6.92 Å². The van der Waals surface area contributed by atoms with E-state index >= 15 is 0 Å². The lowest BCUT2D eigenvalue weighted by Gasteiger charge is -2.25. The first-order valence-corrected chi connectivity index (χ1v) is 7.93. The summed E-state index contributed by atoms with van der Waals surface area (Å²) in [5.74, 6) is 0.359. The third kappa shape index (κ3) is 3.02. The number of hydrogen-bond donors (Lipinski definition) is 1. The summed E-state index contributed by atoms with van der Waals surface area (Å²) < 4.78 is 27.2. The van der Waals surface area contributed by atoms with Crippen LogP contribution in [0.15, 0.2) is 21.6 Å². The van der Waals surface area contributed by atoms with Crippen molar-refractivity contribution in [3.05, 3.63) is 16.7 Å². The quantitative estimate of drug-likeness (QED) is 0.896. The van der Waals surface area contributed by atoms with Crippen LogP contribution in [0.25, 0.3) is 0 Å². The number of rotatable bonds is 5. The molecule has 5 nitrogen and oxygen atoms in total. The van der Waals surface area contributed by atoms with Crippen molar-refractivity contribution in [1.82, 2.24) is 9.29 Å². The van der Waals surface area contributed by atoms with Gasteiger partial charge in [-0.3, -0.25) is 0 Å². The Kier molecular flexibility index (Phi) is 5.12. The van der Waals surface area contributed by atoms with Crippen LogP contribution in [-0.4, -0.2) is 37.3 Å². The molecular weight excluding hydrogens is 318 g/mol. The molecule has 0 saturated heterocycles. The third-order valence-electron chi connectivity index (χ3n) is 2.53. The molecule has 1 aromatic rings. The molecule has 1 rings (SSSR count). The van der Waals surface area contributed by atoms with E-state index < -0.39 is 10.0 Å². The van der Waals surface area contributed by atoms with E-state index in [4.69, 9.17) is 0 Å². The molecular formula is C11H18BrN3O2S. The van der Waals surface area contributed by atoms with Gasteiger partial charge in [0.15, 0.2) is 0 Å². The maximum absolute atomic E-state index is 12.6. The Hall–Kier alpha value is -0.660. The summed E-state index contributed by atoms with van der Waals surface area (Å²) in [6, 6.07) is 1.47. The number of halogens is 1. The van der Waals surface area contributed by atoms with Crippen molar-refractivity contribution in [3.63, 3.8) is 0 Å². The zero-order valence-corrected chi connectivity index (χ0v) is 13.3. The minimum atomic E-state index is -3.54. The fourth-order valence-corrected chi connectivity index (χ4v) is 4.05. The predicted molar refractivity (Wildman–Crippen MR) is 76.2 cm³/mol. The van der Waals surface area contributed by atoms with Crippen LogP contribution in [0, 0.1) is 0 Å². The first-order chi connectivity index (χ1) is 8.34. The topological polar surface area (TPSA) is 62.3 Å². The van der Waals surface area contributed by atoms with E-state index in [1.807, 2.05) is 20.8 Å². The van der Waals surface area contributed by atoms with Gasteiger partial charge < -0.3 is 5.32 Å². The average Bonchev–Trinajstić information content (AvgIpc) is 2.28. The van der Waals surface area contributed by atoms with Crippen LogP contribution in [0.1, 0.15) is 20.8 Å². The molecule has 102 valence electrons. The molecule has 0 saturated carbocycles. The number of nitrogens with one attached hydrogen (secondary N) is 1. The number of sulfonamides is 1. The third-order valence-corrected chi connectivity index (χ3v) is 5.13. The highest BCUT2D eigenvalue weighted by Gasteiger charge is 2.28. The monoisotopic (exact) mass is 335 g/mol. The highest BCUT2D eigenvalue weighted by atomic mass is 79.9. The Morgan fingerprint density at radius 3 is 2.56 bits per heavy atom. The number of anilines is 1. The van der Waals surface area contributed by atoms with Crippen molar-refractivity contribution in [3.8, 4) is 0 Å². The Morgan fingerprint density at radius 1 is 1.50 bits per heavy atom. The second kappa shape index (κ2) is 5.99. The van der Waals surface area contributed by atoms with Crippen molar-refractivity contribution in [1.29, 1.82) is 0 Å². The summed E-state index contributed by atoms with van der Waals surface area (Å²) in [6.45, 7) is 5.95. The highest BCUT2D eigenvalue weighted by Crippen LogP contribution is 2.26. The number of hydrogen-bond acceptors (Lipinski definition) is 4. The second-order valence-corrected chi connectivity index (χ2v) is 6.83. The molecule has 0 aliphatic rings. The molecule has 1 aromatic heterocycles. The van der Waals surface area contributed by atoms with E-state index in [0.29, 0.717) is 16.8 Å². The summed E-state index contributed by atoms with van der Waals surface area (Å²) in [5, 5.41) is 2.81. The van der Waals surface area contributed by atoms with Crippen molar-refractivity contribution < 1.29 is 8.42 Å². The molecule has 18 heavy (non-hydrogen) atoms. The van der Waals surface area contributed by atoms with E-state index in [9.17, 15) is 8.42 Å². The van der Waals surface area contributed by atoms with Crippen LogP contribution in [0.3, 0.4) is 0 Å². The first-order valence-electron chi connectivity index (χ1n) is 5.69. The molecule has 0 amide bonds. The molecule has 0 radical (unpaired) electrons. The lowest BCUT2D eigenvalue weighted by molar-refractivity contribution is 0.369. The maximum atomic E-state index is 12.6. The van der Waals surface area contributed by atoms with E-state index in [1.165, 1.54) is 4.31 Å². The standard InChI is InChI=1S/C11H18BrN3O2S/c1-5-15(8(2)3)18(16,17)10-6-9(12)7-14-11(10)13-4/h6-8H,5H2,1-4H3,(H,13,14). The first kappa shape index (κ1) is 15.4. The largest absolute Gasteiger partial charge is 0.372 e. The van der Waals surface area contributed by atoms with Gasteiger partial charge in [-0.15, -0.1) is 0 Å². The Bertz CT molecular complexity index is 517. The van der Waals surface area contributed by atoms with Crippen LogP contribution in [0.4, 0.5) is 5.82 Å². The Morgan fingerprint density at radius 2 is 2.11 bits per heavy atom.